The second kappa shape index (κ2) is 27.7. The molecule has 2 aromatic carbocycles. The molecule has 6 rings (SSSR count). The lowest BCUT2D eigenvalue weighted by Gasteiger charge is -2.35. The number of amides is 6. The van der Waals surface area contributed by atoms with Crippen LogP contribution in [-0.4, -0.2) is 111 Å². The molecule has 0 saturated carbocycles. The average Bonchev–Trinajstić information content (AvgIpc) is 4.01. The fraction of sp³-hybridized carbons (Fsp3) is 0.509. The van der Waals surface area contributed by atoms with E-state index in [0.717, 1.165) is 91.5 Å². The highest BCUT2D eigenvalue weighted by atomic mass is 32.1. The van der Waals surface area contributed by atoms with Gasteiger partial charge in [0.15, 0.2) is 0 Å². The van der Waals surface area contributed by atoms with Crippen LogP contribution in [0.3, 0.4) is 0 Å². The van der Waals surface area contributed by atoms with Crippen LogP contribution in [0.2, 0.25) is 0 Å². The van der Waals surface area contributed by atoms with Gasteiger partial charge in [-0.2, -0.15) is 0 Å². The van der Waals surface area contributed by atoms with E-state index in [4.69, 9.17) is 0 Å². The van der Waals surface area contributed by atoms with Gasteiger partial charge in [0.25, 0.3) is 11.8 Å². The van der Waals surface area contributed by atoms with Crippen molar-refractivity contribution in [2.45, 2.75) is 142 Å². The maximum Gasteiger partial charge on any atom is 0.253 e. The number of piperidine rings is 1. The van der Waals surface area contributed by atoms with E-state index in [-0.39, 0.29) is 60.9 Å². The normalized spacial score (nSPS) is 17.0. The van der Waals surface area contributed by atoms with Gasteiger partial charge in [-0.05, 0) is 110 Å². The Bertz CT molecular complexity index is 2460. The van der Waals surface area contributed by atoms with E-state index in [1.54, 1.807) is 54.1 Å². The van der Waals surface area contributed by atoms with Crippen molar-refractivity contribution in [3.05, 3.63) is 113 Å². The van der Waals surface area contributed by atoms with Gasteiger partial charge in [0.05, 0.1) is 28.2 Å². The largest absolute Gasteiger partial charge is 0.391 e. The smallest absolute Gasteiger partial charge is 0.253 e. The number of aromatic nitrogens is 2. The minimum absolute atomic E-state index is 0.0122. The Morgan fingerprint density at radius 2 is 1.51 bits per heavy atom. The van der Waals surface area contributed by atoms with Crippen molar-refractivity contribution in [2.24, 2.45) is 11.3 Å². The Morgan fingerprint density at radius 1 is 0.836 bits per heavy atom. The lowest BCUT2D eigenvalue weighted by atomic mass is 9.85. The van der Waals surface area contributed by atoms with Gasteiger partial charge in [-0.3, -0.25) is 33.8 Å². The minimum atomic E-state index is -0.880. The van der Waals surface area contributed by atoms with Crippen LogP contribution in [-0.2, 0) is 19.2 Å². The number of likely N-dealkylation sites (tertiary alicyclic amines) is 2. The van der Waals surface area contributed by atoms with Crippen molar-refractivity contribution >= 4 is 52.9 Å². The van der Waals surface area contributed by atoms with E-state index in [0.29, 0.717) is 49.6 Å². The minimum Gasteiger partial charge on any atom is -0.391 e. The molecule has 392 valence electrons. The summed E-state index contributed by atoms with van der Waals surface area (Å²) >= 11 is 1.58. The molecule has 0 aliphatic carbocycles. The van der Waals surface area contributed by atoms with E-state index < -0.39 is 23.6 Å². The number of nitrogens with one attached hydrogen (secondary N) is 4. The van der Waals surface area contributed by atoms with Crippen molar-refractivity contribution in [1.82, 2.24) is 41.0 Å². The first-order chi connectivity index (χ1) is 35.1. The predicted molar refractivity (Wildman–Crippen MR) is 286 cm³/mol. The second-order valence-corrected chi connectivity index (χ2v) is 21.6. The van der Waals surface area contributed by atoms with Crippen LogP contribution in [0.1, 0.15) is 155 Å². The molecule has 6 amide bonds. The summed E-state index contributed by atoms with van der Waals surface area (Å²) < 4.78 is 0. The Kier molecular flexibility index (Phi) is 21.3. The molecule has 4 unspecified atom stereocenters. The maximum absolute atomic E-state index is 14.1. The molecule has 73 heavy (non-hydrogen) atoms. The lowest BCUT2D eigenvalue weighted by molar-refractivity contribution is -0.144. The molecule has 15 nitrogen and oxygen atoms in total. The van der Waals surface area contributed by atoms with Crippen LogP contribution in [0.5, 0.6) is 0 Å². The molecule has 5 N–H and O–H groups in total. The van der Waals surface area contributed by atoms with Crippen LogP contribution >= 0.6 is 11.3 Å². The standard InChI is InChI=1S/C57H76N8O7S/c1-39(43-19-21-44(22-20-43)51-40(2)61-38-73-51)62-54(70)48-35-47(66)37-65(48)56(72)52(57(3,4)5)63-50(68)17-10-8-6-7-9-12-32-60-53(69)45-23-25-46(26-24-45)55(71)64-33-28-41(29-34-64)15-11-13-31-59-49(67)27-18-42-16-14-30-58-36-42/h14,16,18-27,30,36,38-39,41,47-48,52,66H,6-13,15,17,28-29,31-35,37H2,1-5H3,(H,59,67)(H,60,69)(H,62,70)(H,63,68). The Balaban J connectivity index is 0.812. The number of rotatable bonds is 24. The van der Waals surface area contributed by atoms with Gasteiger partial charge < -0.3 is 36.2 Å². The molecule has 0 spiro atoms. The van der Waals surface area contributed by atoms with E-state index in [9.17, 15) is 33.9 Å². The number of carbonyl (C=O) groups excluding carboxylic acids is 6. The van der Waals surface area contributed by atoms with Gasteiger partial charge in [0, 0.05) is 75.2 Å². The third kappa shape index (κ3) is 17.2. The molecule has 2 aliphatic rings. The van der Waals surface area contributed by atoms with Crippen molar-refractivity contribution in [3.8, 4) is 10.4 Å². The Hall–Kier alpha value is -6.26. The number of hydrogen-bond acceptors (Lipinski definition) is 10. The molecule has 16 heteroatoms. The number of thiazole rings is 1. The number of aliphatic hydroxyl groups is 1. The summed E-state index contributed by atoms with van der Waals surface area (Å²) in [6.45, 7) is 12.1. The summed E-state index contributed by atoms with van der Waals surface area (Å²) in [4.78, 5) is 92.0. The van der Waals surface area contributed by atoms with Crippen molar-refractivity contribution in [2.75, 3.05) is 32.7 Å². The van der Waals surface area contributed by atoms with Gasteiger partial charge >= 0.3 is 0 Å². The summed E-state index contributed by atoms with van der Waals surface area (Å²) in [5.74, 6) is -0.695. The van der Waals surface area contributed by atoms with Crippen molar-refractivity contribution in [1.29, 1.82) is 0 Å². The molecular formula is C57H76N8O7S. The van der Waals surface area contributed by atoms with Crippen LogP contribution in [0, 0.1) is 18.3 Å². The number of aryl methyl sites for hydroxylation is 1. The van der Waals surface area contributed by atoms with Gasteiger partial charge in [0.1, 0.15) is 12.1 Å². The zero-order chi connectivity index (χ0) is 52.3. The van der Waals surface area contributed by atoms with Crippen molar-refractivity contribution < 1.29 is 33.9 Å². The molecule has 4 aromatic rings. The first-order valence-corrected chi connectivity index (χ1v) is 27.1. The number of nitrogens with zero attached hydrogens (tertiary/aromatic N) is 4. The fourth-order valence-electron chi connectivity index (χ4n) is 9.52. The summed E-state index contributed by atoms with van der Waals surface area (Å²) in [6, 6.07) is 16.5. The zero-order valence-electron chi connectivity index (χ0n) is 43.4. The number of unbranched alkanes of at least 4 members (excludes halogenated alkanes) is 6. The summed E-state index contributed by atoms with van der Waals surface area (Å²) in [7, 11) is 0. The molecule has 0 bridgehead atoms. The molecule has 4 atom stereocenters. The van der Waals surface area contributed by atoms with E-state index in [1.807, 2.05) is 81.4 Å². The van der Waals surface area contributed by atoms with Gasteiger partial charge in [-0.15, -0.1) is 11.3 Å². The van der Waals surface area contributed by atoms with E-state index in [1.165, 1.54) is 11.0 Å². The van der Waals surface area contributed by atoms with E-state index >= 15 is 0 Å². The highest BCUT2D eigenvalue weighted by Gasteiger charge is 2.44. The zero-order valence-corrected chi connectivity index (χ0v) is 44.2. The Morgan fingerprint density at radius 3 is 2.18 bits per heavy atom. The second-order valence-electron chi connectivity index (χ2n) is 20.7. The summed E-state index contributed by atoms with van der Waals surface area (Å²) in [5, 5.41) is 22.6. The van der Waals surface area contributed by atoms with Gasteiger partial charge in [-0.25, -0.2) is 4.98 Å². The van der Waals surface area contributed by atoms with Crippen LogP contribution in [0.4, 0.5) is 0 Å². The number of hydrogen-bond donors (Lipinski definition) is 5. The average molecular weight is 1020 g/mol. The number of β-amino-alcohol motifs (C(OH)–C–C–N with tert-alkyl or cyclic N) is 1. The van der Waals surface area contributed by atoms with Gasteiger partial charge in [0.2, 0.25) is 23.6 Å². The highest BCUT2D eigenvalue weighted by Crippen LogP contribution is 2.30. The number of aliphatic hydroxyl groups excluding tert-OH is 1. The first-order valence-electron chi connectivity index (χ1n) is 26.2. The van der Waals surface area contributed by atoms with Crippen LogP contribution in [0.15, 0.2) is 84.6 Å². The molecule has 2 aromatic heterocycles. The van der Waals surface area contributed by atoms with Crippen LogP contribution in [0.25, 0.3) is 16.5 Å². The molecule has 2 aliphatic heterocycles. The number of benzene rings is 2. The maximum atomic E-state index is 14.1. The lowest BCUT2D eigenvalue weighted by Crippen LogP contribution is -2.57. The monoisotopic (exact) mass is 1020 g/mol. The summed E-state index contributed by atoms with van der Waals surface area (Å²) in [5.41, 5.74) is 6.08. The third-order valence-electron chi connectivity index (χ3n) is 13.9. The SMILES string of the molecule is Cc1ncsc1-c1ccc(C(C)NC(=O)C2CC(O)CN2C(=O)C(NC(=O)CCCCCCCCNC(=O)c2ccc(C(=O)N3CCC(CCCCNC(=O)C=Cc4cccnc4)CC3)cc2)C(C)(C)C)cc1. The number of pyridine rings is 1. The molecular weight excluding hydrogens is 941 g/mol. The highest BCUT2D eigenvalue weighted by molar-refractivity contribution is 7.13. The molecule has 4 heterocycles. The van der Waals surface area contributed by atoms with Gasteiger partial charge in [-0.1, -0.05) is 89.6 Å². The third-order valence-corrected chi connectivity index (χ3v) is 14.9. The molecule has 2 saturated heterocycles. The molecule has 0 radical (unpaired) electrons. The Labute approximate surface area is 435 Å². The van der Waals surface area contributed by atoms with E-state index in [2.05, 4.69) is 31.2 Å². The number of carbonyl (C=O) groups is 6. The topological polar surface area (TPSA) is 203 Å². The fourth-order valence-corrected chi connectivity index (χ4v) is 10.3. The quantitative estimate of drug-likeness (QED) is 0.0339. The van der Waals surface area contributed by atoms with Crippen LogP contribution < -0.4 is 21.3 Å². The predicted octanol–water partition coefficient (Wildman–Crippen LogP) is 8.20. The summed E-state index contributed by atoms with van der Waals surface area (Å²) in [6.07, 6.45) is 16.3. The van der Waals surface area contributed by atoms with Crippen molar-refractivity contribution in [3.63, 3.8) is 0 Å². The first kappa shape index (κ1) is 56.0. The molecule has 2 fully saturated rings.